The Hall–Kier alpha value is -0.640. The predicted octanol–water partition coefficient (Wildman–Crippen LogP) is 3.01. The predicted molar refractivity (Wildman–Crippen MR) is 81.9 cm³/mol. The molecule has 2 fully saturated rings. The van der Waals surface area contributed by atoms with Crippen LogP contribution in [0.3, 0.4) is 0 Å². The van der Waals surface area contributed by atoms with E-state index in [0.29, 0.717) is 10.9 Å². The number of nitrogens with two attached hydrogens (primary N) is 1. The third kappa shape index (κ3) is 3.91. The smallest absolute Gasteiger partial charge is 0.226 e. The molecule has 1 saturated carbocycles. The van der Waals surface area contributed by atoms with E-state index in [0.717, 1.165) is 38.6 Å². The third-order valence-electron chi connectivity index (χ3n) is 4.57. The second-order valence-electron chi connectivity index (χ2n) is 5.99. The average molecular weight is 282 g/mol. The zero-order chi connectivity index (χ0) is 13.7. The molecule has 1 amide bonds. The molecule has 0 spiro atoms. The largest absolute Gasteiger partial charge is 0.392 e. The number of rotatable bonds is 2. The lowest BCUT2D eigenvalue weighted by Crippen LogP contribution is -2.51. The van der Waals surface area contributed by atoms with Gasteiger partial charge in [-0.15, -0.1) is 0 Å². The van der Waals surface area contributed by atoms with Crippen molar-refractivity contribution in [3.8, 4) is 0 Å². The van der Waals surface area contributed by atoms with Crippen LogP contribution in [0.4, 0.5) is 0 Å². The molecule has 0 aromatic heterocycles. The highest BCUT2D eigenvalue weighted by atomic mass is 32.1. The van der Waals surface area contributed by atoms with E-state index >= 15 is 0 Å². The first-order valence-electron chi connectivity index (χ1n) is 7.80. The van der Waals surface area contributed by atoms with Crippen molar-refractivity contribution in [2.75, 3.05) is 6.54 Å². The van der Waals surface area contributed by atoms with Gasteiger partial charge in [0.15, 0.2) is 0 Å². The van der Waals surface area contributed by atoms with Gasteiger partial charge in [-0.3, -0.25) is 4.79 Å². The van der Waals surface area contributed by atoms with Crippen LogP contribution >= 0.6 is 12.2 Å². The molecular formula is C15H26N2OS. The van der Waals surface area contributed by atoms with E-state index in [2.05, 4.69) is 0 Å². The Morgan fingerprint density at radius 3 is 2.16 bits per heavy atom. The van der Waals surface area contributed by atoms with Gasteiger partial charge in [0.05, 0.1) is 11.0 Å². The maximum absolute atomic E-state index is 12.7. The summed E-state index contributed by atoms with van der Waals surface area (Å²) < 4.78 is 0. The monoisotopic (exact) mass is 282 g/mol. The molecule has 0 radical (unpaired) electrons. The first kappa shape index (κ1) is 14.8. The Kier molecular flexibility index (Phi) is 5.61. The molecule has 1 aliphatic heterocycles. The molecule has 108 valence electrons. The zero-order valence-corrected chi connectivity index (χ0v) is 12.6. The zero-order valence-electron chi connectivity index (χ0n) is 11.8. The van der Waals surface area contributed by atoms with Gasteiger partial charge in [-0.1, -0.05) is 44.3 Å². The summed E-state index contributed by atoms with van der Waals surface area (Å²) in [4.78, 5) is 15.2. The van der Waals surface area contributed by atoms with Crippen LogP contribution in [0, 0.1) is 5.92 Å². The molecule has 1 atom stereocenters. The molecule has 0 bridgehead atoms. The number of hydrogen-bond donors (Lipinski definition) is 1. The van der Waals surface area contributed by atoms with Crippen molar-refractivity contribution >= 4 is 23.1 Å². The second kappa shape index (κ2) is 7.22. The minimum absolute atomic E-state index is 0.0155. The van der Waals surface area contributed by atoms with Gasteiger partial charge < -0.3 is 10.6 Å². The molecule has 2 N–H and O–H groups in total. The fourth-order valence-electron chi connectivity index (χ4n) is 3.43. The van der Waals surface area contributed by atoms with Gasteiger partial charge in [-0.2, -0.15) is 0 Å². The number of piperidine rings is 1. The highest BCUT2D eigenvalue weighted by Crippen LogP contribution is 2.27. The second-order valence-corrected chi connectivity index (χ2v) is 6.46. The molecule has 4 heteroatoms. The van der Waals surface area contributed by atoms with Crippen LogP contribution in [0.1, 0.15) is 64.2 Å². The van der Waals surface area contributed by atoms with Gasteiger partial charge in [0.1, 0.15) is 0 Å². The fourth-order valence-corrected chi connectivity index (χ4v) is 3.67. The maximum Gasteiger partial charge on any atom is 0.226 e. The maximum atomic E-state index is 12.7. The lowest BCUT2D eigenvalue weighted by Gasteiger charge is -2.37. The molecular weight excluding hydrogens is 256 g/mol. The number of likely N-dealkylation sites (tertiary alicyclic amines) is 1. The number of thiocarbonyl (C=S) groups is 1. The number of carbonyl (C=O) groups is 1. The van der Waals surface area contributed by atoms with E-state index in [-0.39, 0.29) is 12.0 Å². The van der Waals surface area contributed by atoms with Gasteiger partial charge >= 0.3 is 0 Å². The fraction of sp³-hybridized carbons (Fsp3) is 0.867. The SMILES string of the molecule is NC(=S)C1CCCCN1C(=O)C1CCCCCCC1. The first-order valence-corrected chi connectivity index (χ1v) is 8.21. The summed E-state index contributed by atoms with van der Waals surface area (Å²) in [5.41, 5.74) is 5.82. The van der Waals surface area contributed by atoms with Crippen molar-refractivity contribution in [3.63, 3.8) is 0 Å². The van der Waals surface area contributed by atoms with Crippen LogP contribution in [0.15, 0.2) is 0 Å². The number of hydrogen-bond acceptors (Lipinski definition) is 2. The normalized spacial score (nSPS) is 26.5. The number of carbonyl (C=O) groups excluding carboxylic acids is 1. The summed E-state index contributed by atoms with van der Waals surface area (Å²) in [6.45, 7) is 0.845. The average Bonchev–Trinajstić information content (AvgIpc) is 2.37. The van der Waals surface area contributed by atoms with Gasteiger partial charge in [0, 0.05) is 12.5 Å². The van der Waals surface area contributed by atoms with Crippen molar-refractivity contribution in [1.82, 2.24) is 4.90 Å². The highest BCUT2D eigenvalue weighted by molar-refractivity contribution is 7.80. The molecule has 2 aliphatic rings. The molecule has 19 heavy (non-hydrogen) atoms. The molecule has 3 nitrogen and oxygen atoms in total. The lowest BCUT2D eigenvalue weighted by atomic mass is 9.89. The number of amides is 1. The summed E-state index contributed by atoms with van der Waals surface area (Å²) in [5.74, 6) is 0.537. The van der Waals surface area contributed by atoms with Crippen molar-refractivity contribution < 1.29 is 4.79 Å². The molecule has 2 rings (SSSR count). The Morgan fingerprint density at radius 2 is 1.53 bits per heavy atom. The van der Waals surface area contributed by atoms with Crippen LogP contribution in [-0.4, -0.2) is 28.4 Å². The topological polar surface area (TPSA) is 46.3 Å². The van der Waals surface area contributed by atoms with Crippen LogP contribution in [0.25, 0.3) is 0 Å². The van der Waals surface area contributed by atoms with Crippen molar-refractivity contribution in [1.29, 1.82) is 0 Å². The van der Waals surface area contributed by atoms with Crippen molar-refractivity contribution in [2.24, 2.45) is 11.7 Å². The minimum atomic E-state index is 0.0155. The molecule has 1 aliphatic carbocycles. The Morgan fingerprint density at radius 1 is 0.947 bits per heavy atom. The van der Waals surface area contributed by atoms with E-state index in [4.69, 9.17) is 18.0 Å². The quantitative estimate of drug-likeness (QED) is 0.792. The summed E-state index contributed by atoms with van der Waals surface area (Å²) in [6.07, 6.45) is 11.6. The van der Waals surface area contributed by atoms with Gasteiger partial charge in [-0.25, -0.2) is 0 Å². The molecule has 0 aromatic carbocycles. The van der Waals surface area contributed by atoms with E-state index in [1.807, 2.05) is 4.90 Å². The van der Waals surface area contributed by atoms with Gasteiger partial charge in [0.2, 0.25) is 5.91 Å². The molecule has 1 heterocycles. The van der Waals surface area contributed by atoms with Crippen molar-refractivity contribution in [2.45, 2.75) is 70.3 Å². The highest BCUT2D eigenvalue weighted by Gasteiger charge is 2.32. The van der Waals surface area contributed by atoms with E-state index in [1.165, 1.54) is 32.1 Å². The summed E-state index contributed by atoms with van der Waals surface area (Å²) in [7, 11) is 0. The summed E-state index contributed by atoms with van der Waals surface area (Å²) in [5, 5.41) is 0. The van der Waals surface area contributed by atoms with E-state index in [1.54, 1.807) is 0 Å². The van der Waals surface area contributed by atoms with Crippen LogP contribution in [-0.2, 0) is 4.79 Å². The standard InChI is InChI=1S/C15H26N2OS/c16-14(19)13-10-6-7-11-17(13)15(18)12-8-4-2-1-3-5-9-12/h12-13H,1-11H2,(H2,16,19). The lowest BCUT2D eigenvalue weighted by molar-refractivity contribution is -0.138. The Labute approximate surface area is 121 Å². The van der Waals surface area contributed by atoms with Crippen LogP contribution < -0.4 is 5.73 Å². The molecule has 1 unspecified atom stereocenters. The van der Waals surface area contributed by atoms with Gasteiger partial charge in [0.25, 0.3) is 0 Å². The molecule has 0 aromatic rings. The minimum Gasteiger partial charge on any atom is -0.392 e. The van der Waals surface area contributed by atoms with Crippen LogP contribution in [0.5, 0.6) is 0 Å². The molecule has 1 saturated heterocycles. The third-order valence-corrected chi connectivity index (χ3v) is 4.84. The summed E-state index contributed by atoms with van der Waals surface area (Å²) >= 11 is 5.15. The Bertz CT molecular complexity index is 324. The summed E-state index contributed by atoms with van der Waals surface area (Å²) in [6, 6.07) is 0.0155. The van der Waals surface area contributed by atoms with Gasteiger partial charge in [-0.05, 0) is 32.1 Å². The number of nitrogens with zero attached hydrogens (tertiary/aromatic N) is 1. The van der Waals surface area contributed by atoms with E-state index in [9.17, 15) is 4.79 Å². The van der Waals surface area contributed by atoms with E-state index < -0.39 is 0 Å². The van der Waals surface area contributed by atoms with Crippen molar-refractivity contribution in [3.05, 3.63) is 0 Å². The first-order chi connectivity index (χ1) is 9.20. The Balaban J connectivity index is 2.00. The van der Waals surface area contributed by atoms with Crippen LogP contribution in [0.2, 0.25) is 0 Å².